The highest BCUT2D eigenvalue weighted by Gasteiger charge is 2.44. The third-order valence-corrected chi connectivity index (χ3v) is 5.50. The molecule has 4 rings (SSSR count). The first-order valence-corrected chi connectivity index (χ1v) is 8.80. The van der Waals surface area contributed by atoms with Gasteiger partial charge in [0.05, 0.1) is 18.9 Å². The van der Waals surface area contributed by atoms with E-state index in [9.17, 15) is 0 Å². The van der Waals surface area contributed by atoms with Crippen molar-refractivity contribution in [3.63, 3.8) is 0 Å². The molecular formula is C17H23ClN2O3. The minimum atomic E-state index is -0.430. The molecule has 126 valence electrons. The SMILES string of the molecule is CN1CCC[C@@H]1COc1cc(Cl)nc2c1CCOC21CCOC1. The lowest BCUT2D eigenvalue weighted by atomic mass is 9.90. The van der Waals surface area contributed by atoms with Crippen LogP contribution >= 0.6 is 11.6 Å². The number of hydrogen-bond acceptors (Lipinski definition) is 5. The maximum Gasteiger partial charge on any atom is 0.136 e. The summed E-state index contributed by atoms with van der Waals surface area (Å²) in [5.41, 5.74) is 1.64. The van der Waals surface area contributed by atoms with Crippen LogP contribution in [0.15, 0.2) is 6.07 Å². The molecule has 0 radical (unpaired) electrons. The molecule has 4 heterocycles. The predicted octanol–water partition coefficient (Wildman–Crippen LogP) is 2.40. The minimum absolute atomic E-state index is 0.430. The first-order chi connectivity index (χ1) is 11.2. The molecule has 0 aromatic carbocycles. The van der Waals surface area contributed by atoms with Crippen molar-refractivity contribution >= 4 is 11.6 Å². The number of likely N-dealkylation sites (N-methyl/N-ethyl adjacent to an activating group) is 1. The lowest BCUT2D eigenvalue weighted by Crippen LogP contribution is -2.37. The number of nitrogens with zero attached hydrogens (tertiary/aromatic N) is 2. The van der Waals surface area contributed by atoms with Crippen molar-refractivity contribution < 1.29 is 14.2 Å². The van der Waals surface area contributed by atoms with E-state index in [0.717, 1.165) is 36.4 Å². The highest BCUT2D eigenvalue weighted by atomic mass is 35.5. The van der Waals surface area contributed by atoms with Crippen LogP contribution in [0.3, 0.4) is 0 Å². The van der Waals surface area contributed by atoms with Gasteiger partial charge in [-0.15, -0.1) is 0 Å². The van der Waals surface area contributed by atoms with E-state index in [0.29, 0.717) is 37.6 Å². The number of hydrogen-bond donors (Lipinski definition) is 0. The molecule has 2 fully saturated rings. The van der Waals surface area contributed by atoms with E-state index in [2.05, 4.69) is 16.9 Å². The minimum Gasteiger partial charge on any atom is -0.491 e. The van der Waals surface area contributed by atoms with Crippen molar-refractivity contribution in [2.24, 2.45) is 0 Å². The third kappa shape index (κ3) is 2.84. The van der Waals surface area contributed by atoms with Gasteiger partial charge in [-0.05, 0) is 26.4 Å². The fourth-order valence-corrected chi connectivity index (χ4v) is 4.09. The Morgan fingerprint density at radius 3 is 3.13 bits per heavy atom. The van der Waals surface area contributed by atoms with Gasteiger partial charge in [-0.25, -0.2) is 4.98 Å². The molecule has 0 aliphatic carbocycles. The summed E-state index contributed by atoms with van der Waals surface area (Å²) in [5, 5.41) is 0.468. The lowest BCUT2D eigenvalue weighted by Gasteiger charge is -2.34. The zero-order chi connectivity index (χ0) is 15.9. The van der Waals surface area contributed by atoms with Gasteiger partial charge in [0.2, 0.25) is 0 Å². The summed E-state index contributed by atoms with van der Waals surface area (Å²) in [5.74, 6) is 0.870. The van der Waals surface area contributed by atoms with E-state index in [-0.39, 0.29) is 0 Å². The average molecular weight is 339 g/mol. The Morgan fingerprint density at radius 1 is 1.48 bits per heavy atom. The van der Waals surface area contributed by atoms with Gasteiger partial charge in [0.25, 0.3) is 0 Å². The molecule has 0 saturated carbocycles. The largest absolute Gasteiger partial charge is 0.491 e. The Morgan fingerprint density at radius 2 is 2.39 bits per heavy atom. The second kappa shape index (κ2) is 6.20. The molecule has 3 aliphatic rings. The number of likely N-dealkylation sites (tertiary alicyclic amines) is 1. The molecule has 2 saturated heterocycles. The smallest absolute Gasteiger partial charge is 0.136 e. The van der Waals surface area contributed by atoms with Crippen LogP contribution in [-0.4, -0.2) is 55.9 Å². The van der Waals surface area contributed by atoms with Crippen molar-refractivity contribution in [3.8, 4) is 5.75 Å². The Labute approximate surface area is 141 Å². The molecule has 3 aliphatic heterocycles. The number of fused-ring (bicyclic) bond motifs is 2. The molecule has 0 bridgehead atoms. The number of ether oxygens (including phenoxy) is 3. The highest BCUT2D eigenvalue weighted by molar-refractivity contribution is 6.29. The average Bonchev–Trinajstić information content (AvgIpc) is 3.16. The van der Waals surface area contributed by atoms with E-state index >= 15 is 0 Å². The maximum absolute atomic E-state index is 6.27. The van der Waals surface area contributed by atoms with Crippen LogP contribution < -0.4 is 4.74 Å². The number of aromatic nitrogens is 1. The molecule has 1 spiro atoms. The Balaban J connectivity index is 1.61. The molecule has 23 heavy (non-hydrogen) atoms. The van der Waals surface area contributed by atoms with Gasteiger partial charge >= 0.3 is 0 Å². The second-order valence-electron chi connectivity index (χ2n) is 6.75. The monoisotopic (exact) mass is 338 g/mol. The summed E-state index contributed by atoms with van der Waals surface area (Å²) in [7, 11) is 2.16. The topological polar surface area (TPSA) is 43.8 Å². The number of halogens is 1. The molecule has 2 atom stereocenters. The molecular weight excluding hydrogens is 316 g/mol. The van der Waals surface area contributed by atoms with Crippen molar-refractivity contribution in [2.75, 3.05) is 40.0 Å². The van der Waals surface area contributed by atoms with Gasteiger partial charge in [-0.3, -0.25) is 0 Å². The van der Waals surface area contributed by atoms with Gasteiger partial charge in [0.15, 0.2) is 0 Å². The van der Waals surface area contributed by atoms with Gasteiger partial charge in [-0.2, -0.15) is 0 Å². The normalized spacial score (nSPS) is 30.8. The first-order valence-electron chi connectivity index (χ1n) is 8.43. The molecule has 0 amide bonds. The fourth-order valence-electron chi connectivity index (χ4n) is 3.91. The van der Waals surface area contributed by atoms with Crippen LogP contribution in [0.4, 0.5) is 0 Å². The molecule has 1 aromatic heterocycles. The Kier molecular flexibility index (Phi) is 4.22. The van der Waals surface area contributed by atoms with Crippen LogP contribution in [-0.2, 0) is 21.5 Å². The summed E-state index contributed by atoms with van der Waals surface area (Å²) >= 11 is 6.27. The van der Waals surface area contributed by atoms with E-state index in [1.54, 1.807) is 0 Å². The summed E-state index contributed by atoms with van der Waals surface area (Å²) in [4.78, 5) is 6.94. The van der Waals surface area contributed by atoms with Crippen molar-refractivity contribution in [1.82, 2.24) is 9.88 Å². The summed E-state index contributed by atoms with van der Waals surface area (Å²) in [6, 6.07) is 2.34. The third-order valence-electron chi connectivity index (χ3n) is 5.30. The second-order valence-corrected chi connectivity index (χ2v) is 7.14. The van der Waals surface area contributed by atoms with Crippen LogP contribution in [0.5, 0.6) is 5.75 Å². The standard InChI is InChI=1S/C17H23ClN2O3/c1-20-6-2-3-12(20)10-22-14-9-15(18)19-16-13(14)4-7-23-17(16)5-8-21-11-17/h9,12H,2-8,10-11H2,1H3/t12-,17?/m1/s1. The molecule has 6 heteroatoms. The van der Waals surface area contributed by atoms with E-state index in [4.69, 9.17) is 25.8 Å². The zero-order valence-corrected chi connectivity index (χ0v) is 14.3. The Bertz CT molecular complexity index is 589. The van der Waals surface area contributed by atoms with Gasteiger partial charge in [-0.1, -0.05) is 11.6 Å². The molecule has 1 aromatic rings. The number of rotatable bonds is 3. The van der Waals surface area contributed by atoms with E-state index in [1.165, 1.54) is 12.8 Å². The van der Waals surface area contributed by atoms with Crippen LogP contribution in [0.1, 0.15) is 30.5 Å². The van der Waals surface area contributed by atoms with Crippen LogP contribution in [0, 0.1) is 0 Å². The highest BCUT2D eigenvalue weighted by Crippen LogP contribution is 2.42. The maximum atomic E-state index is 6.27. The quantitative estimate of drug-likeness (QED) is 0.792. The fraction of sp³-hybridized carbons (Fsp3) is 0.706. The number of pyridine rings is 1. The first kappa shape index (κ1) is 15.6. The predicted molar refractivity (Wildman–Crippen MR) is 87.2 cm³/mol. The van der Waals surface area contributed by atoms with Gasteiger partial charge < -0.3 is 19.1 Å². The summed E-state index contributed by atoms with van der Waals surface area (Å²) in [6.45, 7) is 3.79. The van der Waals surface area contributed by atoms with Crippen molar-refractivity contribution in [1.29, 1.82) is 0 Å². The van der Waals surface area contributed by atoms with E-state index in [1.807, 2.05) is 6.07 Å². The van der Waals surface area contributed by atoms with Crippen LogP contribution in [0.25, 0.3) is 0 Å². The Hall–Kier alpha value is -0.880. The van der Waals surface area contributed by atoms with Crippen molar-refractivity contribution in [2.45, 2.75) is 37.3 Å². The molecule has 5 nitrogen and oxygen atoms in total. The van der Waals surface area contributed by atoms with Gasteiger partial charge in [0.1, 0.15) is 23.1 Å². The molecule has 0 N–H and O–H groups in total. The summed E-state index contributed by atoms with van der Waals surface area (Å²) < 4.78 is 17.8. The van der Waals surface area contributed by atoms with Gasteiger partial charge in [0, 0.05) is 37.1 Å². The zero-order valence-electron chi connectivity index (χ0n) is 13.5. The summed E-state index contributed by atoms with van der Waals surface area (Å²) in [6.07, 6.45) is 4.08. The lowest BCUT2D eigenvalue weighted by molar-refractivity contribution is -0.0670. The van der Waals surface area contributed by atoms with Crippen molar-refractivity contribution in [3.05, 3.63) is 22.5 Å². The molecule has 1 unspecified atom stereocenters. The van der Waals surface area contributed by atoms with Crippen LogP contribution in [0.2, 0.25) is 5.15 Å². The van der Waals surface area contributed by atoms with E-state index < -0.39 is 5.60 Å².